The van der Waals surface area contributed by atoms with Crippen LogP contribution in [0.5, 0.6) is 0 Å². The van der Waals surface area contributed by atoms with Crippen LogP contribution in [0.25, 0.3) is 11.0 Å². The highest BCUT2D eigenvalue weighted by Crippen LogP contribution is 2.31. The topological polar surface area (TPSA) is 38.1 Å². The molecule has 0 radical (unpaired) electrons. The molecule has 2 heterocycles. The summed E-state index contributed by atoms with van der Waals surface area (Å²) in [6.45, 7) is 1.49. The lowest BCUT2D eigenvalue weighted by Gasteiger charge is -2.17. The van der Waals surface area contributed by atoms with Crippen LogP contribution >= 0.6 is 0 Å². The normalized spacial score (nSPS) is 17.0. The van der Waals surface area contributed by atoms with Crippen molar-refractivity contribution in [3.8, 4) is 12.3 Å². The molecule has 1 atom stereocenters. The van der Waals surface area contributed by atoms with Gasteiger partial charge in [-0.15, -0.1) is 6.42 Å². The summed E-state index contributed by atoms with van der Waals surface area (Å²) in [4.78, 5) is 19.0. The maximum absolute atomic E-state index is 13.1. The van der Waals surface area contributed by atoms with E-state index in [2.05, 4.69) is 5.92 Å². The lowest BCUT2D eigenvalue weighted by Crippen LogP contribution is -2.24. The SMILES string of the molecule is C#CCn1c([C@@H]2CC(=O)N(Cc3ccc(F)cc3)C2)nc2ccccc21. The average Bonchev–Trinajstić information content (AvgIpc) is 3.19. The number of nitrogens with zero attached hydrogens (tertiary/aromatic N) is 3. The van der Waals surface area contributed by atoms with Crippen molar-refractivity contribution in [3.63, 3.8) is 0 Å². The Balaban J connectivity index is 1.60. The number of carbonyl (C=O) groups excluding carboxylic acids is 1. The van der Waals surface area contributed by atoms with Crippen molar-refractivity contribution in [1.82, 2.24) is 14.5 Å². The van der Waals surface area contributed by atoms with Gasteiger partial charge in [-0.25, -0.2) is 9.37 Å². The first kappa shape index (κ1) is 16.3. The minimum absolute atomic E-state index is 0.00342. The first-order valence-electron chi connectivity index (χ1n) is 8.56. The Hall–Kier alpha value is -3.13. The lowest BCUT2D eigenvalue weighted by molar-refractivity contribution is -0.128. The van der Waals surface area contributed by atoms with Gasteiger partial charge in [-0.2, -0.15) is 0 Å². The van der Waals surface area contributed by atoms with E-state index < -0.39 is 0 Å². The van der Waals surface area contributed by atoms with Crippen molar-refractivity contribution in [2.24, 2.45) is 0 Å². The molecule has 3 aromatic rings. The van der Waals surface area contributed by atoms with Gasteiger partial charge < -0.3 is 9.47 Å². The highest BCUT2D eigenvalue weighted by molar-refractivity contribution is 5.81. The molecule has 26 heavy (non-hydrogen) atoms. The molecule has 1 amide bonds. The lowest BCUT2D eigenvalue weighted by atomic mass is 10.1. The zero-order chi connectivity index (χ0) is 18.1. The summed E-state index contributed by atoms with van der Waals surface area (Å²) in [5, 5.41) is 0. The second-order valence-electron chi connectivity index (χ2n) is 6.55. The third-order valence-corrected chi connectivity index (χ3v) is 4.80. The number of amides is 1. The largest absolute Gasteiger partial charge is 0.338 e. The van der Waals surface area contributed by atoms with Crippen LogP contribution in [0.1, 0.15) is 23.7 Å². The van der Waals surface area contributed by atoms with Crippen LogP contribution in [-0.4, -0.2) is 26.9 Å². The fraction of sp³-hybridized carbons (Fsp3) is 0.238. The predicted molar refractivity (Wildman–Crippen MR) is 97.7 cm³/mol. The van der Waals surface area contributed by atoms with Crippen LogP contribution in [0.15, 0.2) is 48.5 Å². The van der Waals surface area contributed by atoms with Crippen LogP contribution < -0.4 is 0 Å². The fourth-order valence-corrected chi connectivity index (χ4v) is 3.57. The number of fused-ring (bicyclic) bond motifs is 1. The molecule has 0 spiro atoms. The first-order valence-corrected chi connectivity index (χ1v) is 8.56. The maximum atomic E-state index is 13.1. The van der Waals surface area contributed by atoms with Gasteiger partial charge in [0.05, 0.1) is 17.6 Å². The number of aromatic nitrogens is 2. The number of rotatable bonds is 4. The van der Waals surface area contributed by atoms with Crippen molar-refractivity contribution in [3.05, 3.63) is 65.7 Å². The molecule has 1 aliphatic rings. The van der Waals surface area contributed by atoms with E-state index >= 15 is 0 Å². The summed E-state index contributed by atoms with van der Waals surface area (Å²) < 4.78 is 15.1. The summed E-state index contributed by atoms with van der Waals surface area (Å²) in [5.74, 6) is 3.35. The van der Waals surface area contributed by atoms with Crippen molar-refractivity contribution in [1.29, 1.82) is 0 Å². The van der Waals surface area contributed by atoms with E-state index in [0.29, 0.717) is 26.1 Å². The number of terminal acetylenes is 1. The van der Waals surface area contributed by atoms with Gasteiger partial charge in [-0.3, -0.25) is 4.79 Å². The van der Waals surface area contributed by atoms with Crippen molar-refractivity contribution < 1.29 is 9.18 Å². The third-order valence-electron chi connectivity index (χ3n) is 4.80. The number of hydrogen-bond acceptors (Lipinski definition) is 2. The van der Waals surface area contributed by atoms with Gasteiger partial charge >= 0.3 is 0 Å². The second kappa shape index (κ2) is 6.64. The quantitative estimate of drug-likeness (QED) is 0.679. The van der Waals surface area contributed by atoms with Crippen LogP contribution in [0, 0.1) is 18.2 Å². The molecule has 130 valence electrons. The Morgan fingerprint density at radius 1 is 1.19 bits per heavy atom. The van der Waals surface area contributed by atoms with Gasteiger partial charge in [0.2, 0.25) is 5.91 Å². The van der Waals surface area contributed by atoms with E-state index in [1.807, 2.05) is 28.8 Å². The van der Waals surface area contributed by atoms with E-state index in [1.165, 1.54) is 12.1 Å². The minimum Gasteiger partial charge on any atom is -0.338 e. The van der Waals surface area contributed by atoms with Crippen LogP contribution in [0.3, 0.4) is 0 Å². The van der Waals surface area contributed by atoms with E-state index in [4.69, 9.17) is 11.4 Å². The third kappa shape index (κ3) is 2.95. The molecular weight excluding hydrogens is 329 g/mol. The summed E-state index contributed by atoms with van der Waals surface area (Å²) in [7, 11) is 0. The summed E-state index contributed by atoms with van der Waals surface area (Å²) in [6.07, 6.45) is 5.95. The molecule has 1 fully saturated rings. The van der Waals surface area contributed by atoms with Gasteiger partial charge in [0.25, 0.3) is 0 Å². The molecule has 1 aliphatic heterocycles. The number of benzene rings is 2. The van der Waals surface area contributed by atoms with E-state index in [9.17, 15) is 9.18 Å². The summed E-state index contributed by atoms with van der Waals surface area (Å²) >= 11 is 0. The van der Waals surface area contributed by atoms with Crippen molar-refractivity contribution in [2.45, 2.75) is 25.4 Å². The van der Waals surface area contributed by atoms with Gasteiger partial charge in [0, 0.05) is 25.4 Å². The van der Waals surface area contributed by atoms with E-state index in [-0.39, 0.29) is 17.6 Å². The van der Waals surface area contributed by atoms with Crippen molar-refractivity contribution >= 4 is 16.9 Å². The fourth-order valence-electron chi connectivity index (χ4n) is 3.57. The monoisotopic (exact) mass is 347 g/mol. The summed E-state index contributed by atoms with van der Waals surface area (Å²) in [6, 6.07) is 14.1. The summed E-state index contributed by atoms with van der Waals surface area (Å²) in [5.41, 5.74) is 2.80. The molecule has 0 unspecified atom stereocenters. The predicted octanol–water partition coefficient (Wildman–Crippen LogP) is 3.32. The highest BCUT2D eigenvalue weighted by Gasteiger charge is 2.33. The van der Waals surface area contributed by atoms with E-state index in [0.717, 1.165) is 22.4 Å². The molecule has 2 aromatic carbocycles. The number of para-hydroxylation sites is 2. The first-order chi connectivity index (χ1) is 12.7. The van der Waals surface area contributed by atoms with Gasteiger partial charge in [0.1, 0.15) is 11.6 Å². The maximum Gasteiger partial charge on any atom is 0.223 e. The van der Waals surface area contributed by atoms with E-state index in [1.54, 1.807) is 17.0 Å². The zero-order valence-corrected chi connectivity index (χ0v) is 14.2. The number of carbonyl (C=O) groups is 1. The number of likely N-dealkylation sites (tertiary alicyclic amines) is 1. The Kier molecular flexibility index (Phi) is 4.18. The molecule has 5 heteroatoms. The van der Waals surface area contributed by atoms with Gasteiger partial charge in [-0.1, -0.05) is 30.2 Å². The molecule has 1 saturated heterocycles. The average molecular weight is 347 g/mol. The molecule has 0 saturated carbocycles. The van der Waals surface area contributed by atoms with Crippen LogP contribution in [0.2, 0.25) is 0 Å². The Bertz CT molecular complexity index is 1000. The van der Waals surface area contributed by atoms with Crippen molar-refractivity contribution in [2.75, 3.05) is 6.54 Å². The Morgan fingerprint density at radius 2 is 1.96 bits per heavy atom. The second-order valence-corrected chi connectivity index (χ2v) is 6.55. The Morgan fingerprint density at radius 3 is 2.73 bits per heavy atom. The van der Waals surface area contributed by atoms with Crippen LogP contribution in [0.4, 0.5) is 4.39 Å². The van der Waals surface area contributed by atoms with Gasteiger partial charge in [0.15, 0.2) is 0 Å². The minimum atomic E-state index is -0.276. The molecule has 0 bridgehead atoms. The molecule has 0 N–H and O–H groups in total. The molecule has 4 rings (SSSR count). The standard InChI is InChI=1S/C21H18FN3O/c1-2-11-25-19-6-4-3-5-18(19)23-21(25)16-12-20(26)24(14-16)13-15-7-9-17(22)10-8-15/h1,3-10,16H,11-14H2/t16-/m1/s1. The van der Waals surface area contributed by atoms with Gasteiger partial charge in [-0.05, 0) is 29.8 Å². The number of hydrogen-bond donors (Lipinski definition) is 0. The Labute approximate surface area is 151 Å². The molecule has 1 aromatic heterocycles. The van der Waals surface area contributed by atoms with Crippen LogP contribution in [-0.2, 0) is 17.9 Å². The highest BCUT2D eigenvalue weighted by atomic mass is 19.1. The molecule has 4 nitrogen and oxygen atoms in total. The number of imidazole rings is 1. The molecular formula is C21H18FN3O. The smallest absolute Gasteiger partial charge is 0.223 e. The number of halogens is 1. The molecule has 0 aliphatic carbocycles. The zero-order valence-electron chi connectivity index (χ0n) is 14.2.